The van der Waals surface area contributed by atoms with Crippen LogP contribution in [0.5, 0.6) is 5.75 Å². The van der Waals surface area contributed by atoms with Gasteiger partial charge in [-0.3, -0.25) is 4.99 Å². The molecule has 0 amide bonds. The van der Waals surface area contributed by atoms with Gasteiger partial charge in [-0.05, 0) is 50.9 Å². The van der Waals surface area contributed by atoms with E-state index < -0.39 is 0 Å². The molecule has 7 heteroatoms. The highest BCUT2D eigenvalue weighted by Gasteiger charge is 2.19. The maximum Gasteiger partial charge on any atom is 0.191 e. The molecule has 2 atom stereocenters. The maximum atomic E-state index is 6.19. The van der Waals surface area contributed by atoms with Gasteiger partial charge in [0.15, 0.2) is 5.96 Å². The van der Waals surface area contributed by atoms with E-state index in [0.29, 0.717) is 19.1 Å². The second-order valence-corrected chi connectivity index (χ2v) is 7.79. The Bertz CT molecular complexity index is 635. The monoisotopic (exact) mass is 502 g/mol. The molecular formula is C21H35IN4O2. The highest BCUT2D eigenvalue weighted by molar-refractivity contribution is 14.0. The lowest BCUT2D eigenvalue weighted by molar-refractivity contribution is 0.140. The zero-order chi connectivity index (χ0) is 19.1. The fourth-order valence-electron chi connectivity index (χ4n) is 3.78. The summed E-state index contributed by atoms with van der Waals surface area (Å²) >= 11 is 0. The Balaban J connectivity index is 0.00000280. The maximum absolute atomic E-state index is 6.19. The van der Waals surface area contributed by atoms with Gasteiger partial charge in [0.25, 0.3) is 0 Å². The number of halogens is 1. The fraction of sp³-hybridized carbons (Fsp3) is 0.667. The van der Waals surface area contributed by atoms with Crippen LogP contribution >= 0.6 is 24.0 Å². The van der Waals surface area contributed by atoms with Crippen LogP contribution in [0.4, 0.5) is 0 Å². The van der Waals surface area contributed by atoms with Gasteiger partial charge in [-0.2, -0.15) is 0 Å². The molecule has 0 radical (unpaired) electrons. The molecule has 2 saturated heterocycles. The molecule has 3 rings (SSSR count). The number of piperidine rings is 1. The number of likely N-dealkylation sites (tertiary alicyclic amines) is 1. The van der Waals surface area contributed by atoms with Crippen LogP contribution in [0.2, 0.25) is 0 Å². The third-order valence-corrected chi connectivity index (χ3v) is 5.35. The van der Waals surface area contributed by atoms with Gasteiger partial charge in [0, 0.05) is 38.7 Å². The Morgan fingerprint density at radius 3 is 2.89 bits per heavy atom. The van der Waals surface area contributed by atoms with Gasteiger partial charge >= 0.3 is 0 Å². The zero-order valence-electron chi connectivity index (χ0n) is 17.4. The third-order valence-electron chi connectivity index (χ3n) is 5.35. The minimum Gasteiger partial charge on any atom is -0.488 e. The number of aliphatic imine (C=N–C) groups is 1. The predicted molar refractivity (Wildman–Crippen MR) is 125 cm³/mol. The van der Waals surface area contributed by atoms with Crippen molar-refractivity contribution in [2.45, 2.75) is 38.8 Å². The Morgan fingerprint density at radius 2 is 2.18 bits per heavy atom. The summed E-state index contributed by atoms with van der Waals surface area (Å²) in [5, 5.41) is 6.92. The minimum absolute atomic E-state index is 0. The first kappa shape index (κ1) is 23.2. The first-order valence-corrected chi connectivity index (χ1v) is 10.1. The second-order valence-electron chi connectivity index (χ2n) is 7.79. The van der Waals surface area contributed by atoms with Crippen LogP contribution in [0.1, 0.15) is 30.4 Å². The van der Waals surface area contributed by atoms with Crippen LogP contribution in [0.25, 0.3) is 0 Å². The summed E-state index contributed by atoms with van der Waals surface area (Å²) in [5.74, 6) is 2.48. The first-order chi connectivity index (χ1) is 13.1. The van der Waals surface area contributed by atoms with E-state index in [0.717, 1.165) is 43.4 Å². The number of nitrogens with one attached hydrogen (secondary N) is 2. The van der Waals surface area contributed by atoms with Crippen molar-refractivity contribution in [3.63, 3.8) is 0 Å². The molecule has 158 valence electrons. The number of benzene rings is 1. The number of hydrogen-bond acceptors (Lipinski definition) is 4. The van der Waals surface area contributed by atoms with Crippen molar-refractivity contribution < 1.29 is 9.47 Å². The smallest absolute Gasteiger partial charge is 0.191 e. The van der Waals surface area contributed by atoms with Crippen LogP contribution < -0.4 is 15.4 Å². The van der Waals surface area contributed by atoms with Crippen molar-refractivity contribution in [3.8, 4) is 5.75 Å². The van der Waals surface area contributed by atoms with E-state index >= 15 is 0 Å². The van der Waals surface area contributed by atoms with E-state index in [1.807, 2.05) is 7.05 Å². The second kappa shape index (κ2) is 11.8. The molecule has 2 N–H and O–H groups in total. The highest BCUT2D eigenvalue weighted by Crippen LogP contribution is 2.23. The van der Waals surface area contributed by atoms with Crippen LogP contribution in [0, 0.1) is 12.8 Å². The summed E-state index contributed by atoms with van der Waals surface area (Å²) in [5.41, 5.74) is 2.35. The molecule has 1 aromatic rings. The van der Waals surface area contributed by atoms with E-state index in [9.17, 15) is 0 Å². The minimum atomic E-state index is 0. The predicted octanol–water partition coefficient (Wildman–Crippen LogP) is 2.79. The first-order valence-electron chi connectivity index (χ1n) is 10.1. The van der Waals surface area contributed by atoms with Crippen LogP contribution in [-0.2, 0) is 11.3 Å². The van der Waals surface area contributed by atoms with Crippen molar-refractivity contribution in [2.24, 2.45) is 10.9 Å². The van der Waals surface area contributed by atoms with Gasteiger partial charge in [-0.15, -0.1) is 24.0 Å². The van der Waals surface area contributed by atoms with Crippen LogP contribution in [0.3, 0.4) is 0 Å². The Hall–Kier alpha value is -1.06. The van der Waals surface area contributed by atoms with E-state index in [2.05, 4.69) is 52.7 Å². The van der Waals surface area contributed by atoms with Gasteiger partial charge in [-0.25, -0.2) is 0 Å². The number of guanidine groups is 1. The molecule has 2 heterocycles. The molecule has 6 nitrogen and oxygen atoms in total. The lowest BCUT2D eigenvalue weighted by Gasteiger charge is -2.30. The normalized spacial score (nSPS) is 23.2. The van der Waals surface area contributed by atoms with E-state index in [1.165, 1.54) is 24.9 Å². The van der Waals surface area contributed by atoms with Crippen molar-refractivity contribution in [2.75, 3.05) is 46.9 Å². The average Bonchev–Trinajstić information content (AvgIpc) is 3.16. The van der Waals surface area contributed by atoms with Crippen molar-refractivity contribution in [3.05, 3.63) is 29.3 Å². The molecule has 28 heavy (non-hydrogen) atoms. The number of nitrogens with zero attached hydrogens (tertiary/aromatic N) is 2. The lowest BCUT2D eigenvalue weighted by Crippen LogP contribution is -2.43. The summed E-state index contributed by atoms with van der Waals surface area (Å²) in [6.07, 6.45) is 3.68. The van der Waals surface area contributed by atoms with E-state index in [-0.39, 0.29) is 30.1 Å². The molecule has 2 unspecified atom stereocenters. The number of aryl methyl sites for hydroxylation is 1. The summed E-state index contributed by atoms with van der Waals surface area (Å²) in [7, 11) is 4.03. The molecule has 2 aliphatic rings. The molecule has 0 saturated carbocycles. The zero-order valence-corrected chi connectivity index (χ0v) is 19.7. The highest BCUT2D eigenvalue weighted by atomic mass is 127. The van der Waals surface area contributed by atoms with Crippen molar-refractivity contribution >= 4 is 29.9 Å². The SMILES string of the molecule is CN=C(NCc1ccc(C)cc1OC1CCOC1)NCC1CCCN(C)C1.I. The van der Waals surface area contributed by atoms with Gasteiger partial charge < -0.3 is 25.0 Å². The molecule has 0 bridgehead atoms. The van der Waals surface area contributed by atoms with Crippen molar-refractivity contribution in [1.29, 1.82) is 0 Å². The summed E-state index contributed by atoms with van der Waals surface area (Å²) < 4.78 is 11.6. The largest absolute Gasteiger partial charge is 0.488 e. The lowest BCUT2D eigenvalue weighted by atomic mass is 9.99. The molecule has 0 spiro atoms. The molecular weight excluding hydrogens is 467 g/mol. The molecule has 2 aliphatic heterocycles. The average molecular weight is 502 g/mol. The molecule has 0 aromatic heterocycles. The standard InChI is InChI=1S/C21H34N4O2.HI/c1-16-6-7-18(20(11-16)27-19-8-10-26-15-19)13-24-21(22-2)23-12-17-5-4-9-25(3)14-17;/h6-7,11,17,19H,4-5,8-10,12-15H2,1-3H3,(H2,22,23,24);1H. The number of rotatable bonds is 6. The Kier molecular flexibility index (Phi) is 9.81. The molecule has 0 aliphatic carbocycles. The van der Waals surface area contributed by atoms with Crippen molar-refractivity contribution in [1.82, 2.24) is 15.5 Å². The fourth-order valence-corrected chi connectivity index (χ4v) is 3.78. The topological polar surface area (TPSA) is 58.1 Å². The summed E-state index contributed by atoms with van der Waals surface area (Å²) in [6.45, 7) is 7.58. The molecule has 1 aromatic carbocycles. The van der Waals surface area contributed by atoms with Gasteiger partial charge in [0.05, 0.1) is 13.2 Å². The van der Waals surface area contributed by atoms with Crippen LogP contribution in [0.15, 0.2) is 23.2 Å². The Labute approximate surface area is 186 Å². The van der Waals surface area contributed by atoms with Gasteiger partial charge in [-0.1, -0.05) is 12.1 Å². The number of ether oxygens (including phenoxy) is 2. The van der Waals surface area contributed by atoms with E-state index in [1.54, 1.807) is 0 Å². The van der Waals surface area contributed by atoms with E-state index in [4.69, 9.17) is 9.47 Å². The van der Waals surface area contributed by atoms with Gasteiger partial charge in [0.2, 0.25) is 0 Å². The number of hydrogen-bond donors (Lipinski definition) is 2. The summed E-state index contributed by atoms with van der Waals surface area (Å²) in [4.78, 5) is 6.79. The quantitative estimate of drug-likeness (QED) is 0.356. The third kappa shape index (κ3) is 7.08. The van der Waals surface area contributed by atoms with Gasteiger partial charge in [0.1, 0.15) is 11.9 Å². The summed E-state index contributed by atoms with van der Waals surface area (Å²) in [6, 6.07) is 6.38. The Morgan fingerprint density at radius 1 is 1.32 bits per heavy atom. The molecule has 2 fully saturated rings. The van der Waals surface area contributed by atoms with Crippen LogP contribution in [-0.4, -0.2) is 63.9 Å².